The zero-order chi connectivity index (χ0) is 31.3. The monoisotopic (exact) mass is 613 g/mol. The molecular weight excluding hydrogens is 570 g/mol. The number of ether oxygens (including phenoxy) is 4. The molecule has 9 nitrogen and oxygen atoms in total. The third kappa shape index (κ3) is 7.10. The highest BCUT2D eigenvalue weighted by molar-refractivity contribution is 5.81. The standard InChI is InChI=1S/C36H43N3O6/c1-42-14-7-15-44-29-17-24(16-28(19-29)43-2)20-39(27-12-13-27)35(40)25-18-26(37)22-38(21-25)36(41)45-23-34-32-10-5-3-8-30(32)31-9-4-6-11-33(31)34/h3-6,8-11,16-17,19,25-27,34H,7,12-15,18,20-23,37H2,1-2H3/t25-,26+/m0/s1. The first-order valence-corrected chi connectivity index (χ1v) is 15.9. The number of likely N-dealkylation sites (tertiary alicyclic amines) is 1. The van der Waals surface area contributed by atoms with Crippen molar-refractivity contribution >= 4 is 12.0 Å². The highest BCUT2D eigenvalue weighted by Crippen LogP contribution is 2.44. The van der Waals surface area contributed by atoms with Gasteiger partial charge in [0.25, 0.3) is 0 Å². The number of hydrogen-bond acceptors (Lipinski definition) is 7. The van der Waals surface area contributed by atoms with Gasteiger partial charge in [-0.1, -0.05) is 48.5 Å². The summed E-state index contributed by atoms with van der Waals surface area (Å²) in [6.07, 6.45) is 2.81. The first-order valence-electron chi connectivity index (χ1n) is 15.9. The van der Waals surface area contributed by atoms with Crippen molar-refractivity contribution in [2.45, 2.75) is 50.2 Å². The minimum Gasteiger partial charge on any atom is -0.497 e. The van der Waals surface area contributed by atoms with Crippen molar-refractivity contribution in [3.8, 4) is 22.6 Å². The van der Waals surface area contributed by atoms with Gasteiger partial charge in [0, 0.05) is 63.8 Å². The number of nitrogens with zero attached hydrogens (tertiary/aromatic N) is 2. The van der Waals surface area contributed by atoms with Crippen LogP contribution in [0.25, 0.3) is 11.1 Å². The van der Waals surface area contributed by atoms with Crippen LogP contribution in [0.3, 0.4) is 0 Å². The van der Waals surface area contributed by atoms with Gasteiger partial charge in [-0.2, -0.15) is 0 Å². The van der Waals surface area contributed by atoms with E-state index < -0.39 is 12.0 Å². The van der Waals surface area contributed by atoms with Gasteiger partial charge in [-0.05, 0) is 59.2 Å². The zero-order valence-corrected chi connectivity index (χ0v) is 26.2. The lowest BCUT2D eigenvalue weighted by Gasteiger charge is -2.37. The van der Waals surface area contributed by atoms with E-state index in [0.29, 0.717) is 50.8 Å². The lowest BCUT2D eigenvalue weighted by molar-refractivity contribution is -0.138. The van der Waals surface area contributed by atoms with Gasteiger partial charge in [-0.3, -0.25) is 4.79 Å². The van der Waals surface area contributed by atoms with Crippen LogP contribution in [0.4, 0.5) is 4.79 Å². The molecule has 0 spiro atoms. The summed E-state index contributed by atoms with van der Waals surface area (Å²) < 4.78 is 22.5. The van der Waals surface area contributed by atoms with Gasteiger partial charge in [0.15, 0.2) is 0 Å². The summed E-state index contributed by atoms with van der Waals surface area (Å²) >= 11 is 0. The van der Waals surface area contributed by atoms with Crippen LogP contribution in [-0.2, 0) is 20.8 Å². The van der Waals surface area contributed by atoms with Gasteiger partial charge >= 0.3 is 6.09 Å². The maximum atomic E-state index is 14.0. The molecule has 3 aromatic carbocycles. The Morgan fingerprint density at radius 3 is 2.27 bits per heavy atom. The number of hydrogen-bond donors (Lipinski definition) is 1. The number of carbonyl (C=O) groups excluding carboxylic acids is 2. The lowest BCUT2D eigenvalue weighted by atomic mass is 9.93. The molecule has 0 radical (unpaired) electrons. The summed E-state index contributed by atoms with van der Waals surface area (Å²) in [5.41, 5.74) is 12.1. The molecule has 1 aliphatic heterocycles. The summed E-state index contributed by atoms with van der Waals surface area (Å²) in [5.74, 6) is 0.974. The van der Waals surface area contributed by atoms with Crippen LogP contribution in [0.15, 0.2) is 66.7 Å². The molecule has 1 saturated heterocycles. The second kappa shape index (κ2) is 13.9. The lowest BCUT2D eigenvalue weighted by Crippen LogP contribution is -2.54. The SMILES string of the molecule is COCCCOc1cc(CN(C(=O)[C@H]2C[C@@H](N)CN(C(=O)OCC3c4ccccc4-c4ccccc43)C2)C2CC2)cc(OC)c1. The van der Waals surface area contributed by atoms with Gasteiger partial charge in [0.05, 0.1) is 19.6 Å². The molecule has 238 valence electrons. The van der Waals surface area contributed by atoms with Crippen molar-refractivity contribution in [2.75, 3.05) is 47.1 Å². The average Bonchev–Trinajstić information content (AvgIpc) is 3.86. The van der Waals surface area contributed by atoms with Gasteiger partial charge in [-0.15, -0.1) is 0 Å². The van der Waals surface area contributed by atoms with Crippen molar-refractivity contribution in [1.82, 2.24) is 9.80 Å². The number of piperidine rings is 1. The van der Waals surface area contributed by atoms with E-state index >= 15 is 0 Å². The van der Waals surface area contributed by atoms with Crippen molar-refractivity contribution in [3.63, 3.8) is 0 Å². The van der Waals surface area contributed by atoms with E-state index in [0.717, 1.165) is 36.0 Å². The molecule has 0 bridgehead atoms. The highest BCUT2D eigenvalue weighted by atomic mass is 16.6. The second-order valence-corrected chi connectivity index (χ2v) is 12.3. The largest absolute Gasteiger partial charge is 0.497 e. The number of rotatable bonds is 12. The Balaban J connectivity index is 1.11. The van der Waals surface area contributed by atoms with Crippen molar-refractivity contribution in [2.24, 2.45) is 11.7 Å². The molecule has 0 unspecified atom stereocenters. The summed E-state index contributed by atoms with van der Waals surface area (Å²) in [6, 6.07) is 22.2. The molecule has 3 aromatic rings. The van der Waals surface area contributed by atoms with Crippen LogP contribution in [0, 0.1) is 5.92 Å². The Bertz CT molecular complexity index is 1460. The number of carbonyl (C=O) groups is 2. The maximum Gasteiger partial charge on any atom is 0.409 e. The summed E-state index contributed by atoms with van der Waals surface area (Å²) in [6.45, 7) is 2.47. The molecule has 0 aromatic heterocycles. The molecule has 1 saturated carbocycles. The van der Waals surface area contributed by atoms with E-state index in [-0.39, 0.29) is 30.5 Å². The molecule has 2 atom stereocenters. The Kier molecular flexibility index (Phi) is 9.56. The molecule has 9 heteroatoms. The van der Waals surface area contributed by atoms with E-state index in [1.54, 1.807) is 19.1 Å². The van der Waals surface area contributed by atoms with Gasteiger partial charge in [-0.25, -0.2) is 4.79 Å². The van der Waals surface area contributed by atoms with Crippen LogP contribution < -0.4 is 15.2 Å². The maximum absolute atomic E-state index is 14.0. The number of amides is 2. The minimum absolute atomic E-state index is 0.0227. The van der Waals surface area contributed by atoms with Crippen LogP contribution in [0.5, 0.6) is 11.5 Å². The van der Waals surface area contributed by atoms with Gasteiger partial charge in [0.2, 0.25) is 5.91 Å². The number of fused-ring (bicyclic) bond motifs is 3. The van der Waals surface area contributed by atoms with E-state index in [2.05, 4.69) is 24.3 Å². The molecule has 3 aliphatic rings. The summed E-state index contributed by atoms with van der Waals surface area (Å²) in [7, 11) is 3.29. The second-order valence-electron chi connectivity index (χ2n) is 12.3. The predicted octanol–water partition coefficient (Wildman–Crippen LogP) is 5.20. The van der Waals surface area contributed by atoms with Gasteiger partial charge in [0.1, 0.15) is 18.1 Å². The van der Waals surface area contributed by atoms with Crippen LogP contribution in [-0.4, -0.2) is 81.0 Å². The summed E-state index contributed by atoms with van der Waals surface area (Å²) in [5, 5.41) is 0. The molecule has 45 heavy (non-hydrogen) atoms. The zero-order valence-electron chi connectivity index (χ0n) is 26.2. The van der Waals surface area contributed by atoms with E-state index in [1.165, 1.54) is 11.1 Å². The van der Waals surface area contributed by atoms with E-state index in [4.69, 9.17) is 24.7 Å². The molecule has 1 heterocycles. The predicted molar refractivity (Wildman–Crippen MR) is 171 cm³/mol. The third-order valence-electron chi connectivity index (χ3n) is 8.99. The normalized spacial score (nSPS) is 19.0. The van der Waals surface area contributed by atoms with Crippen LogP contribution in [0.2, 0.25) is 0 Å². The smallest absolute Gasteiger partial charge is 0.409 e. The Morgan fingerprint density at radius 1 is 0.911 bits per heavy atom. The third-order valence-corrected chi connectivity index (χ3v) is 8.99. The fourth-order valence-corrected chi connectivity index (χ4v) is 6.67. The van der Waals surface area contributed by atoms with Gasteiger partial charge < -0.3 is 34.5 Å². The van der Waals surface area contributed by atoms with Crippen molar-refractivity contribution in [3.05, 3.63) is 83.4 Å². The van der Waals surface area contributed by atoms with Crippen molar-refractivity contribution in [1.29, 1.82) is 0 Å². The Morgan fingerprint density at radius 2 is 1.60 bits per heavy atom. The number of nitrogens with two attached hydrogens (primary N) is 1. The molecular formula is C36H43N3O6. The quantitative estimate of drug-likeness (QED) is 0.280. The first kappa shape index (κ1) is 30.9. The van der Waals surface area contributed by atoms with E-state index in [9.17, 15) is 9.59 Å². The van der Waals surface area contributed by atoms with Crippen LogP contribution >= 0.6 is 0 Å². The molecule has 2 N–H and O–H groups in total. The topological polar surface area (TPSA) is 104 Å². The highest BCUT2D eigenvalue weighted by Gasteiger charge is 2.40. The number of benzene rings is 3. The average molecular weight is 614 g/mol. The molecule has 2 aliphatic carbocycles. The first-order chi connectivity index (χ1) is 21.9. The summed E-state index contributed by atoms with van der Waals surface area (Å²) in [4.78, 5) is 31.0. The molecule has 2 fully saturated rings. The fourth-order valence-electron chi connectivity index (χ4n) is 6.67. The Hall–Kier alpha value is -4.08. The van der Waals surface area contributed by atoms with E-state index in [1.807, 2.05) is 47.4 Å². The minimum atomic E-state index is -0.425. The molecule has 6 rings (SSSR count). The molecule has 2 amide bonds. The fraction of sp³-hybridized carbons (Fsp3) is 0.444. The van der Waals surface area contributed by atoms with Crippen molar-refractivity contribution < 1.29 is 28.5 Å². The number of methoxy groups -OCH3 is 2. The Labute approximate surface area is 265 Å². The van der Waals surface area contributed by atoms with Crippen LogP contribution in [0.1, 0.15) is 48.3 Å².